The number of nitrogens with one attached hydrogen (secondary N) is 3. The van der Waals surface area contributed by atoms with E-state index in [1.165, 1.54) is 17.7 Å². The van der Waals surface area contributed by atoms with Gasteiger partial charge in [0.1, 0.15) is 5.82 Å². The molecule has 0 saturated heterocycles. The van der Waals surface area contributed by atoms with Gasteiger partial charge in [-0.1, -0.05) is 13.8 Å². The summed E-state index contributed by atoms with van der Waals surface area (Å²) < 4.78 is 13.1. The van der Waals surface area contributed by atoms with Crippen molar-refractivity contribution in [3.05, 3.63) is 35.8 Å². The van der Waals surface area contributed by atoms with Crippen LogP contribution in [-0.4, -0.2) is 31.1 Å². The maximum atomic E-state index is 13.1. The highest BCUT2D eigenvalue weighted by Crippen LogP contribution is 2.19. The topological polar surface area (TPSA) is 52.2 Å². The van der Waals surface area contributed by atoms with Crippen molar-refractivity contribution in [2.75, 3.05) is 20.1 Å². The first kappa shape index (κ1) is 18.7. The highest BCUT2D eigenvalue weighted by atomic mass is 127. The molecule has 4 nitrogen and oxygen atoms in total. The Morgan fingerprint density at radius 3 is 2.77 bits per heavy atom. The van der Waals surface area contributed by atoms with E-state index in [4.69, 9.17) is 0 Å². The number of aromatic nitrogens is 1. The van der Waals surface area contributed by atoms with Crippen molar-refractivity contribution < 1.29 is 4.39 Å². The third-order valence-corrected chi connectivity index (χ3v) is 3.32. The van der Waals surface area contributed by atoms with Crippen LogP contribution in [0, 0.1) is 11.7 Å². The second-order valence-corrected chi connectivity index (χ2v) is 5.53. The van der Waals surface area contributed by atoms with Gasteiger partial charge >= 0.3 is 0 Å². The number of guanidine groups is 1. The lowest BCUT2D eigenvalue weighted by Gasteiger charge is -2.13. The fourth-order valence-corrected chi connectivity index (χ4v) is 2.20. The first-order chi connectivity index (χ1) is 10.1. The van der Waals surface area contributed by atoms with Crippen molar-refractivity contribution in [3.8, 4) is 0 Å². The minimum absolute atomic E-state index is 0. The van der Waals surface area contributed by atoms with Crippen molar-refractivity contribution in [1.82, 2.24) is 15.6 Å². The molecule has 1 heterocycles. The molecule has 0 aliphatic carbocycles. The summed E-state index contributed by atoms with van der Waals surface area (Å²) in [5, 5.41) is 7.64. The number of hydrogen-bond acceptors (Lipinski definition) is 1. The Hall–Kier alpha value is -1.31. The van der Waals surface area contributed by atoms with Gasteiger partial charge in [-0.05, 0) is 36.1 Å². The van der Waals surface area contributed by atoms with E-state index in [1.807, 2.05) is 12.3 Å². The highest BCUT2D eigenvalue weighted by Gasteiger charge is 2.05. The monoisotopic (exact) mass is 418 g/mol. The van der Waals surface area contributed by atoms with Gasteiger partial charge in [-0.2, -0.15) is 0 Å². The van der Waals surface area contributed by atoms with Gasteiger partial charge in [0.2, 0.25) is 0 Å². The fraction of sp³-hybridized carbons (Fsp3) is 0.438. The Bertz CT molecular complexity index is 622. The van der Waals surface area contributed by atoms with Gasteiger partial charge in [0.05, 0.1) is 0 Å². The van der Waals surface area contributed by atoms with E-state index in [-0.39, 0.29) is 29.8 Å². The van der Waals surface area contributed by atoms with Gasteiger partial charge in [0, 0.05) is 37.2 Å². The molecule has 0 fully saturated rings. The largest absolute Gasteiger partial charge is 0.361 e. The van der Waals surface area contributed by atoms with Crippen LogP contribution in [0.25, 0.3) is 10.9 Å². The number of nitrogens with zero attached hydrogens (tertiary/aromatic N) is 1. The van der Waals surface area contributed by atoms with Crippen LogP contribution in [0.5, 0.6) is 0 Å². The fourth-order valence-electron chi connectivity index (χ4n) is 2.20. The maximum absolute atomic E-state index is 13.1. The molecule has 0 atom stereocenters. The molecule has 0 aliphatic rings. The summed E-state index contributed by atoms with van der Waals surface area (Å²) in [7, 11) is 1.77. The van der Waals surface area contributed by atoms with Gasteiger partial charge < -0.3 is 15.6 Å². The van der Waals surface area contributed by atoms with E-state index in [2.05, 4.69) is 34.5 Å². The van der Waals surface area contributed by atoms with Crippen molar-refractivity contribution in [2.24, 2.45) is 10.9 Å². The van der Waals surface area contributed by atoms with Crippen LogP contribution in [0.1, 0.15) is 19.4 Å². The maximum Gasteiger partial charge on any atom is 0.190 e. The van der Waals surface area contributed by atoms with E-state index in [0.717, 1.165) is 36.4 Å². The Kier molecular flexibility index (Phi) is 7.64. The number of benzene rings is 1. The molecule has 0 unspecified atom stereocenters. The van der Waals surface area contributed by atoms with Crippen LogP contribution in [0.3, 0.4) is 0 Å². The lowest BCUT2D eigenvalue weighted by atomic mass is 10.1. The molecule has 0 bridgehead atoms. The second kappa shape index (κ2) is 8.97. The van der Waals surface area contributed by atoms with E-state index in [9.17, 15) is 4.39 Å². The zero-order valence-electron chi connectivity index (χ0n) is 13.2. The Morgan fingerprint density at radius 2 is 2.09 bits per heavy atom. The molecule has 0 spiro atoms. The average molecular weight is 418 g/mol. The number of halogens is 2. The third-order valence-electron chi connectivity index (χ3n) is 3.32. The molecule has 1 aromatic heterocycles. The molecule has 3 N–H and O–H groups in total. The highest BCUT2D eigenvalue weighted by molar-refractivity contribution is 14.0. The minimum atomic E-state index is -0.215. The minimum Gasteiger partial charge on any atom is -0.361 e. The molecule has 122 valence electrons. The summed E-state index contributed by atoms with van der Waals surface area (Å²) in [6.07, 6.45) is 2.80. The molecular weight excluding hydrogens is 394 g/mol. The number of fused-ring (bicyclic) bond motifs is 1. The summed E-state index contributed by atoms with van der Waals surface area (Å²) in [6, 6.07) is 4.84. The number of aromatic amines is 1. The van der Waals surface area contributed by atoms with Crippen molar-refractivity contribution in [2.45, 2.75) is 20.3 Å². The lowest BCUT2D eigenvalue weighted by Crippen LogP contribution is -2.39. The Balaban J connectivity index is 0.00000242. The van der Waals surface area contributed by atoms with E-state index in [0.29, 0.717) is 5.92 Å². The van der Waals surface area contributed by atoms with E-state index >= 15 is 0 Å². The number of rotatable bonds is 5. The van der Waals surface area contributed by atoms with Gasteiger partial charge in [-0.3, -0.25) is 4.99 Å². The van der Waals surface area contributed by atoms with Gasteiger partial charge in [-0.25, -0.2) is 4.39 Å². The van der Waals surface area contributed by atoms with Crippen LogP contribution in [0.4, 0.5) is 4.39 Å². The van der Waals surface area contributed by atoms with Crippen LogP contribution in [0.15, 0.2) is 29.4 Å². The summed E-state index contributed by atoms with van der Waals surface area (Å²) in [5.41, 5.74) is 2.02. The molecule has 2 rings (SSSR count). The third kappa shape index (κ3) is 5.15. The van der Waals surface area contributed by atoms with E-state index < -0.39 is 0 Å². The summed E-state index contributed by atoms with van der Waals surface area (Å²) in [4.78, 5) is 7.30. The summed E-state index contributed by atoms with van der Waals surface area (Å²) in [5.74, 6) is 1.17. The number of H-pyrrole nitrogens is 1. The predicted molar refractivity (Wildman–Crippen MR) is 102 cm³/mol. The Morgan fingerprint density at radius 1 is 1.32 bits per heavy atom. The smallest absolute Gasteiger partial charge is 0.190 e. The molecular formula is C16H24FIN4. The van der Waals surface area contributed by atoms with Crippen LogP contribution >= 0.6 is 24.0 Å². The molecule has 22 heavy (non-hydrogen) atoms. The second-order valence-electron chi connectivity index (χ2n) is 5.53. The summed E-state index contributed by atoms with van der Waals surface area (Å²) >= 11 is 0. The predicted octanol–water partition coefficient (Wildman–Crippen LogP) is 3.29. The average Bonchev–Trinajstić information content (AvgIpc) is 2.84. The number of hydrogen-bond donors (Lipinski definition) is 3. The molecule has 0 radical (unpaired) electrons. The van der Waals surface area contributed by atoms with E-state index in [1.54, 1.807) is 7.05 Å². The van der Waals surface area contributed by atoms with Crippen LogP contribution in [-0.2, 0) is 6.42 Å². The first-order valence-electron chi connectivity index (χ1n) is 7.30. The Labute approximate surface area is 148 Å². The molecule has 0 amide bonds. The SMILES string of the molecule is CN=C(NCCc1c[nH]c2cc(F)ccc12)NCC(C)C.I. The van der Waals surface area contributed by atoms with Crippen molar-refractivity contribution in [3.63, 3.8) is 0 Å². The van der Waals surface area contributed by atoms with Crippen LogP contribution in [0.2, 0.25) is 0 Å². The van der Waals surface area contributed by atoms with Crippen LogP contribution < -0.4 is 10.6 Å². The van der Waals surface area contributed by atoms with Crippen molar-refractivity contribution >= 4 is 40.8 Å². The lowest BCUT2D eigenvalue weighted by molar-refractivity contribution is 0.614. The van der Waals surface area contributed by atoms with Gasteiger partial charge in [-0.15, -0.1) is 24.0 Å². The van der Waals surface area contributed by atoms with Gasteiger partial charge in [0.25, 0.3) is 0 Å². The number of aliphatic imine (C=N–C) groups is 1. The molecule has 0 aliphatic heterocycles. The zero-order chi connectivity index (χ0) is 15.2. The first-order valence-corrected chi connectivity index (χ1v) is 7.30. The molecule has 2 aromatic rings. The van der Waals surface area contributed by atoms with Crippen molar-refractivity contribution in [1.29, 1.82) is 0 Å². The normalized spacial score (nSPS) is 11.6. The summed E-state index contributed by atoms with van der Waals surface area (Å²) in [6.45, 7) is 5.99. The standard InChI is InChI=1S/C16H23FN4.HI/c1-11(2)9-21-16(18-3)19-7-6-12-10-20-15-8-13(17)4-5-14(12)15;/h4-5,8,10-11,20H,6-7,9H2,1-3H3,(H2,18,19,21);1H. The zero-order valence-corrected chi connectivity index (χ0v) is 15.6. The quantitative estimate of drug-likeness (QED) is 0.397. The van der Waals surface area contributed by atoms with Gasteiger partial charge in [0.15, 0.2) is 5.96 Å². The molecule has 6 heteroatoms. The molecule has 1 aromatic carbocycles. The molecule has 0 saturated carbocycles.